The molecule has 0 radical (unpaired) electrons. The molecule has 0 unspecified atom stereocenters. The van der Waals surface area contributed by atoms with Crippen LogP contribution in [0.3, 0.4) is 0 Å². The van der Waals surface area contributed by atoms with Crippen LogP contribution in [0.1, 0.15) is 20.3 Å². The lowest BCUT2D eigenvalue weighted by Gasteiger charge is -2.15. The van der Waals surface area contributed by atoms with E-state index in [2.05, 4.69) is 21.9 Å². The largest absolute Gasteiger partial charge is 0.315 e. The smallest absolute Gasteiger partial charge is 0.240 e. The number of sulfonamides is 1. The molecule has 0 amide bonds. The summed E-state index contributed by atoms with van der Waals surface area (Å²) in [5.41, 5.74) is 0. The number of hydrogen-bond donors (Lipinski definition) is 2. The Bertz CT molecular complexity index is 701. The van der Waals surface area contributed by atoms with Gasteiger partial charge in [0.15, 0.2) is 0 Å². The van der Waals surface area contributed by atoms with Gasteiger partial charge in [-0.2, -0.15) is 0 Å². The first-order chi connectivity index (χ1) is 10.0. The molecule has 0 saturated carbocycles. The summed E-state index contributed by atoms with van der Waals surface area (Å²) in [4.78, 5) is 4.30. The van der Waals surface area contributed by atoms with Gasteiger partial charge in [-0.25, -0.2) is 13.1 Å². The van der Waals surface area contributed by atoms with Crippen LogP contribution in [-0.2, 0) is 10.0 Å². The Morgan fingerprint density at radius 2 is 2.05 bits per heavy atom. The maximum Gasteiger partial charge on any atom is 0.240 e. The van der Waals surface area contributed by atoms with Crippen molar-refractivity contribution in [2.75, 3.05) is 13.1 Å². The molecule has 0 bridgehead atoms. The van der Waals surface area contributed by atoms with Gasteiger partial charge in [-0.05, 0) is 43.5 Å². The van der Waals surface area contributed by atoms with Crippen LogP contribution in [-0.4, -0.2) is 32.5 Å². The molecule has 114 valence electrons. The molecule has 2 aromatic rings. The molecule has 0 aliphatic heterocycles. The Morgan fingerprint density at radius 1 is 1.24 bits per heavy atom. The van der Waals surface area contributed by atoms with Crippen molar-refractivity contribution < 1.29 is 8.42 Å². The second-order valence-corrected chi connectivity index (χ2v) is 6.83. The molecule has 0 spiro atoms. The summed E-state index contributed by atoms with van der Waals surface area (Å²) in [7, 11) is -3.50. The van der Waals surface area contributed by atoms with E-state index in [1.807, 2.05) is 6.92 Å². The van der Waals surface area contributed by atoms with Crippen molar-refractivity contribution in [3.8, 4) is 0 Å². The highest BCUT2D eigenvalue weighted by Crippen LogP contribution is 2.18. The molecule has 1 aromatic carbocycles. The van der Waals surface area contributed by atoms with Crippen molar-refractivity contribution in [3.05, 3.63) is 36.7 Å². The van der Waals surface area contributed by atoms with Crippen molar-refractivity contribution in [3.63, 3.8) is 0 Å². The third kappa shape index (κ3) is 4.23. The Hall–Kier alpha value is -1.50. The van der Waals surface area contributed by atoms with E-state index >= 15 is 0 Å². The minimum atomic E-state index is -3.50. The summed E-state index contributed by atoms with van der Waals surface area (Å²) in [5.74, 6) is 0. The predicted molar refractivity (Wildman–Crippen MR) is 84.7 cm³/mol. The zero-order valence-corrected chi connectivity index (χ0v) is 13.2. The summed E-state index contributed by atoms with van der Waals surface area (Å²) in [5, 5.41) is 4.99. The molecule has 6 heteroatoms. The molecular formula is C15H21N3O2S. The molecule has 0 saturated heterocycles. The monoisotopic (exact) mass is 307 g/mol. The molecule has 0 aliphatic rings. The van der Waals surface area contributed by atoms with E-state index in [4.69, 9.17) is 0 Å². The lowest BCUT2D eigenvalue weighted by Crippen LogP contribution is -2.40. The average Bonchev–Trinajstić information content (AvgIpc) is 2.46. The zero-order chi connectivity index (χ0) is 15.3. The van der Waals surface area contributed by atoms with Crippen LogP contribution in [0.25, 0.3) is 10.8 Å². The van der Waals surface area contributed by atoms with Crippen LogP contribution in [0, 0.1) is 0 Å². The Balaban J connectivity index is 2.13. The van der Waals surface area contributed by atoms with Gasteiger partial charge in [0.25, 0.3) is 0 Å². The van der Waals surface area contributed by atoms with Crippen LogP contribution in [0.5, 0.6) is 0 Å². The topological polar surface area (TPSA) is 71.1 Å². The summed E-state index contributed by atoms with van der Waals surface area (Å²) in [6.45, 7) is 5.43. The van der Waals surface area contributed by atoms with E-state index in [1.54, 1.807) is 36.7 Å². The minimum Gasteiger partial charge on any atom is -0.315 e. The highest BCUT2D eigenvalue weighted by molar-refractivity contribution is 7.89. The predicted octanol–water partition coefficient (Wildman–Crippen LogP) is 1.90. The molecule has 0 aliphatic carbocycles. The number of fused-ring (bicyclic) bond motifs is 1. The molecule has 1 heterocycles. The third-order valence-corrected chi connectivity index (χ3v) is 4.74. The van der Waals surface area contributed by atoms with Crippen LogP contribution in [0.15, 0.2) is 41.6 Å². The molecule has 0 fully saturated rings. The fraction of sp³-hybridized carbons (Fsp3) is 0.400. The van der Waals surface area contributed by atoms with E-state index in [0.29, 0.717) is 6.54 Å². The number of nitrogens with one attached hydrogen (secondary N) is 2. The van der Waals surface area contributed by atoms with E-state index in [0.717, 1.165) is 23.7 Å². The zero-order valence-electron chi connectivity index (χ0n) is 12.3. The Kier molecular flexibility index (Phi) is 5.27. The van der Waals surface area contributed by atoms with Crippen molar-refractivity contribution in [1.29, 1.82) is 0 Å². The van der Waals surface area contributed by atoms with Gasteiger partial charge in [-0.15, -0.1) is 0 Å². The number of pyridine rings is 1. The first-order valence-electron chi connectivity index (χ1n) is 7.10. The second kappa shape index (κ2) is 6.98. The van der Waals surface area contributed by atoms with E-state index in [1.165, 1.54) is 0 Å². The summed E-state index contributed by atoms with van der Waals surface area (Å²) in [6, 6.07) is 6.70. The van der Waals surface area contributed by atoms with Crippen LogP contribution in [0.2, 0.25) is 0 Å². The SMILES string of the molecule is CCCNC[C@@H](C)NS(=O)(=O)c1ccc2cnccc2c1. The summed E-state index contributed by atoms with van der Waals surface area (Å²) >= 11 is 0. The molecule has 5 nitrogen and oxygen atoms in total. The maximum atomic E-state index is 12.4. The van der Waals surface area contributed by atoms with Crippen molar-refractivity contribution in [2.45, 2.75) is 31.2 Å². The van der Waals surface area contributed by atoms with E-state index in [-0.39, 0.29) is 10.9 Å². The van der Waals surface area contributed by atoms with Gasteiger partial charge in [0, 0.05) is 30.4 Å². The van der Waals surface area contributed by atoms with E-state index < -0.39 is 10.0 Å². The van der Waals surface area contributed by atoms with E-state index in [9.17, 15) is 8.42 Å². The third-order valence-electron chi connectivity index (χ3n) is 3.16. The number of rotatable bonds is 7. The summed E-state index contributed by atoms with van der Waals surface area (Å²) in [6.07, 6.45) is 4.40. The van der Waals surface area contributed by atoms with Gasteiger partial charge in [-0.3, -0.25) is 4.98 Å². The highest BCUT2D eigenvalue weighted by Gasteiger charge is 2.17. The Morgan fingerprint density at radius 3 is 2.81 bits per heavy atom. The van der Waals surface area contributed by atoms with Crippen LogP contribution >= 0.6 is 0 Å². The maximum absolute atomic E-state index is 12.4. The first-order valence-corrected chi connectivity index (χ1v) is 8.58. The first kappa shape index (κ1) is 15.9. The molecular weight excluding hydrogens is 286 g/mol. The lowest BCUT2D eigenvalue weighted by atomic mass is 10.2. The standard InChI is InChI=1S/C15H21N3O2S/c1-3-7-16-10-12(2)18-21(19,20)15-5-4-14-11-17-8-6-13(14)9-15/h4-6,8-9,11-12,16,18H,3,7,10H2,1-2H3/t12-/m1/s1. The van der Waals surface area contributed by atoms with Crippen LogP contribution < -0.4 is 10.0 Å². The van der Waals surface area contributed by atoms with Crippen molar-refractivity contribution in [1.82, 2.24) is 15.0 Å². The Labute approximate surface area is 125 Å². The van der Waals surface area contributed by atoms with Crippen molar-refractivity contribution >= 4 is 20.8 Å². The lowest BCUT2D eigenvalue weighted by molar-refractivity contribution is 0.536. The van der Waals surface area contributed by atoms with Gasteiger partial charge in [0.2, 0.25) is 10.0 Å². The van der Waals surface area contributed by atoms with Crippen LogP contribution in [0.4, 0.5) is 0 Å². The molecule has 1 aromatic heterocycles. The number of benzene rings is 1. The second-order valence-electron chi connectivity index (χ2n) is 5.11. The minimum absolute atomic E-state index is 0.158. The number of nitrogens with zero attached hydrogens (tertiary/aromatic N) is 1. The summed E-state index contributed by atoms with van der Waals surface area (Å²) < 4.78 is 27.4. The van der Waals surface area contributed by atoms with Gasteiger partial charge in [0.05, 0.1) is 4.90 Å². The molecule has 21 heavy (non-hydrogen) atoms. The number of hydrogen-bond acceptors (Lipinski definition) is 4. The highest BCUT2D eigenvalue weighted by atomic mass is 32.2. The quantitative estimate of drug-likeness (QED) is 0.767. The van der Waals surface area contributed by atoms with Gasteiger partial charge in [0.1, 0.15) is 0 Å². The fourth-order valence-electron chi connectivity index (χ4n) is 2.10. The average molecular weight is 307 g/mol. The molecule has 1 atom stereocenters. The van der Waals surface area contributed by atoms with Crippen molar-refractivity contribution in [2.24, 2.45) is 0 Å². The number of aromatic nitrogens is 1. The van der Waals surface area contributed by atoms with Gasteiger partial charge < -0.3 is 5.32 Å². The normalized spacial score (nSPS) is 13.4. The van der Waals surface area contributed by atoms with Gasteiger partial charge >= 0.3 is 0 Å². The molecule has 2 rings (SSSR count). The fourth-order valence-corrected chi connectivity index (χ4v) is 3.38. The molecule has 2 N–H and O–H groups in total. The van der Waals surface area contributed by atoms with Gasteiger partial charge in [-0.1, -0.05) is 13.0 Å².